The van der Waals surface area contributed by atoms with Crippen LogP contribution in [0.2, 0.25) is 0 Å². The van der Waals surface area contributed by atoms with E-state index >= 15 is 0 Å². The zero-order valence-electron chi connectivity index (χ0n) is 11.0. The number of carbonyl (C=O) groups excluding carboxylic acids is 1. The minimum absolute atomic E-state index is 0.0935. The smallest absolute Gasteiger partial charge is 0.316 e. The van der Waals surface area contributed by atoms with Gasteiger partial charge in [-0.2, -0.15) is 5.10 Å². The normalized spacial score (nSPS) is 12.9. The summed E-state index contributed by atoms with van der Waals surface area (Å²) in [5.41, 5.74) is 1.84. The SMILES string of the molecule is COC(=O)C(c1nc2ccc(C)cn2n1)C(C)C. The van der Waals surface area contributed by atoms with Crippen molar-refractivity contribution in [2.75, 3.05) is 7.11 Å². The molecule has 1 atom stereocenters. The van der Waals surface area contributed by atoms with Crippen molar-refractivity contribution < 1.29 is 9.53 Å². The van der Waals surface area contributed by atoms with Gasteiger partial charge in [-0.3, -0.25) is 4.79 Å². The van der Waals surface area contributed by atoms with Gasteiger partial charge >= 0.3 is 5.97 Å². The lowest BCUT2D eigenvalue weighted by atomic mass is 9.95. The lowest BCUT2D eigenvalue weighted by molar-refractivity contribution is -0.143. The summed E-state index contributed by atoms with van der Waals surface area (Å²) in [5, 5.41) is 4.37. The van der Waals surface area contributed by atoms with Gasteiger partial charge in [0.15, 0.2) is 11.5 Å². The van der Waals surface area contributed by atoms with Gasteiger partial charge in [0.05, 0.1) is 7.11 Å². The van der Waals surface area contributed by atoms with Crippen molar-refractivity contribution in [1.82, 2.24) is 14.6 Å². The Morgan fingerprint density at radius 2 is 2.11 bits per heavy atom. The third-order valence-corrected chi connectivity index (χ3v) is 2.90. The Bertz CT molecular complexity index is 575. The first-order chi connectivity index (χ1) is 8.52. The van der Waals surface area contributed by atoms with Crippen molar-refractivity contribution in [3.63, 3.8) is 0 Å². The number of fused-ring (bicyclic) bond motifs is 1. The van der Waals surface area contributed by atoms with E-state index < -0.39 is 5.92 Å². The van der Waals surface area contributed by atoms with Crippen molar-refractivity contribution in [2.24, 2.45) is 5.92 Å². The van der Waals surface area contributed by atoms with Crippen LogP contribution in [0.4, 0.5) is 0 Å². The number of nitrogens with zero attached hydrogens (tertiary/aromatic N) is 3. The molecule has 2 aromatic heterocycles. The van der Waals surface area contributed by atoms with Crippen molar-refractivity contribution in [1.29, 1.82) is 0 Å². The van der Waals surface area contributed by atoms with E-state index in [0.29, 0.717) is 5.82 Å². The summed E-state index contributed by atoms with van der Waals surface area (Å²) in [6.07, 6.45) is 1.89. The number of hydrogen-bond donors (Lipinski definition) is 0. The first kappa shape index (κ1) is 12.5. The zero-order valence-corrected chi connectivity index (χ0v) is 11.0. The molecule has 0 aliphatic rings. The van der Waals surface area contributed by atoms with Crippen LogP contribution >= 0.6 is 0 Å². The molecule has 0 aliphatic heterocycles. The molecule has 2 heterocycles. The van der Waals surface area contributed by atoms with E-state index in [1.54, 1.807) is 4.52 Å². The van der Waals surface area contributed by atoms with Crippen LogP contribution in [-0.2, 0) is 9.53 Å². The minimum atomic E-state index is -0.421. The third kappa shape index (κ3) is 2.20. The molecule has 96 valence electrons. The number of methoxy groups -OCH3 is 1. The van der Waals surface area contributed by atoms with Crippen LogP contribution in [0.15, 0.2) is 18.3 Å². The van der Waals surface area contributed by atoms with Crippen LogP contribution in [0.3, 0.4) is 0 Å². The van der Waals surface area contributed by atoms with E-state index in [9.17, 15) is 4.79 Å². The van der Waals surface area contributed by atoms with E-state index in [1.165, 1.54) is 7.11 Å². The molecule has 0 radical (unpaired) electrons. The van der Waals surface area contributed by atoms with Gasteiger partial charge in [-0.05, 0) is 24.5 Å². The summed E-state index contributed by atoms with van der Waals surface area (Å²) in [7, 11) is 1.39. The van der Waals surface area contributed by atoms with Gasteiger partial charge in [-0.1, -0.05) is 19.9 Å². The molecule has 2 rings (SSSR count). The van der Waals surface area contributed by atoms with Crippen molar-refractivity contribution in [3.8, 4) is 0 Å². The Labute approximate surface area is 106 Å². The monoisotopic (exact) mass is 247 g/mol. The van der Waals surface area contributed by atoms with Gasteiger partial charge < -0.3 is 4.74 Å². The molecule has 0 aliphatic carbocycles. The number of aryl methyl sites for hydroxylation is 1. The average Bonchev–Trinajstić information content (AvgIpc) is 2.70. The Hall–Kier alpha value is -1.91. The van der Waals surface area contributed by atoms with Gasteiger partial charge in [-0.25, -0.2) is 9.50 Å². The molecule has 0 fully saturated rings. The molecule has 1 unspecified atom stereocenters. The van der Waals surface area contributed by atoms with E-state index in [0.717, 1.165) is 11.2 Å². The Morgan fingerprint density at radius 3 is 2.72 bits per heavy atom. The first-order valence-electron chi connectivity index (χ1n) is 5.93. The summed E-state index contributed by atoms with van der Waals surface area (Å²) in [6, 6.07) is 3.86. The number of aromatic nitrogens is 3. The second-order valence-corrected chi connectivity index (χ2v) is 4.72. The second-order valence-electron chi connectivity index (χ2n) is 4.72. The molecule has 0 spiro atoms. The molecular weight excluding hydrogens is 230 g/mol. The van der Waals surface area contributed by atoms with Gasteiger partial charge in [0.2, 0.25) is 0 Å². The van der Waals surface area contributed by atoms with E-state index in [4.69, 9.17) is 4.74 Å². The molecule has 2 aromatic rings. The topological polar surface area (TPSA) is 56.5 Å². The molecule has 18 heavy (non-hydrogen) atoms. The number of hydrogen-bond acceptors (Lipinski definition) is 4. The molecule has 0 N–H and O–H groups in total. The second kappa shape index (κ2) is 4.76. The summed E-state index contributed by atoms with van der Waals surface area (Å²) >= 11 is 0. The fraction of sp³-hybridized carbons (Fsp3) is 0.462. The predicted octanol–water partition coefficient (Wildman–Crippen LogP) is 1.95. The first-order valence-corrected chi connectivity index (χ1v) is 5.93. The van der Waals surface area contributed by atoms with Crippen LogP contribution < -0.4 is 0 Å². The lowest BCUT2D eigenvalue weighted by Gasteiger charge is -2.14. The molecule has 5 nitrogen and oxygen atoms in total. The Morgan fingerprint density at radius 1 is 1.39 bits per heavy atom. The van der Waals surface area contributed by atoms with Crippen LogP contribution in [0.1, 0.15) is 31.2 Å². The minimum Gasteiger partial charge on any atom is -0.468 e. The van der Waals surface area contributed by atoms with Gasteiger partial charge in [0.25, 0.3) is 0 Å². The number of rotatable bonds is 3. The number of ether oxygens (including phenoxy) is 1. The van der Waals surface area contributed by atoms with E-state index in [2.05, 4.69) is 10.1 Å². The zero-order chi connectivity index (χ0) is 13.3. The number of esters is 1. The number of pyridine rings is 1. The van der Waals surface area contributed by atoms with Gasteiger partial charge in [0, 0.05) is 6.20 Å². The molecule has 0 aromatic carbocycles. The quantitative estimate of drug-likeness (QED) is 0.778. The van der Waals surface area contributed by atoms with Crippen LogP contribution in [0, 0.1) is 12.8 Å². The maximum absolute atomic E-state index is 11.8. The van der Waals surface area contributed by atoms with Gasteiger partial charge in [0.1, 0.15) is 5.92 Å². The van der Waals surface area contributed by atoms with Crippen LogP contribution in [0.25, 0.3) is 5.65 Å². The van der Waals surface area contributed by atoms with Crippen LogP contribution in [-0.4, -0.2) is 27.7 Å². The van der Waals surface area contributed by atoms with E-state index in [1.807, 2.05) is 39.1 Å². The molecule has 0 saturated carbocycles. The van der Waals surface area contributed by atoms with Gasteiger partial charge in [-0.15, -0.1) is 0 Å². The highest BCUT2D eigenvalue weighted by atomic mass is 16.5. The molecule has 0 amide bonds. The standard InChI is InChI=1S/C13H17N3O2/c1-8(2)11(13(17)18-4)12-14-10-6-5-9(3)7-16(10)15-12/h5-8,11H,1-4H3. The van der Waals surface area contributed by atoms with Crippen LogP contribution in [0.5, 0.6) is 0 Å². The third-order valence-electron chi connectivity index (χ3n) is 2.90. The molecule has 0 saturated heterocycles. The highest BCUT2D eigenvalue weighted by Gasteiger charge is 2.29. The summed E-state index contributed by atoms with van der Waals surface area (Å²) in [6.45, 7) is 5.90. The summed E-state index contributed by atoms with van der Waals surface area (Å²) in [5.74, 6) is -0.105. The predicted molar refractivity (Wildman–Crippen MR) is 67.3 cm³/mol. The highest BCUT2D eigenvalue weighted by Crippen LogP contribution is 2.23. The number of carbonyl (C=O) groups is 1. The molecule has 5 heteroatoms. The maximum atomic E-state index is 11.8. The maximum Gasteiger partial charge on any atom is 0.316 e. The van der Waals surface area contributed by atoms with E-state index in [-0.39, 0.29) is 11.9 Å². The molecule has 0 bridgehead atoms. The Balaban J connectivity index is 2.48. The average molecular weight is 247 g/mol. The summed E-state index contributed by atoms with van der Waals surface area (Å²) in [4.78, 5) is 16.2. The fourth-order valence-corrected chi connectivity index (χ4v) is 1.94. The highest BCUT2D eigenvalue weighted by molar-refractivity contribution is 5.77. The van der Waals surface area contributed by atoms with Crippen molar-refractivity contribution >= 4 is 11.6 Å². The summed E-state index contributed by atoms with van der Waals surface area (Å²) < 4.78 is 6.52. The lowest BCUT2D eigenvalue weighted by Crippen LogP contribution is -2.21. The molecular formula is C13H17N3O2. The fourth-order valence-electron chi connectivity index (χ4n) is 1.94. The van der Waals surface area contributed by atoms with Crippen molar-refractivity contribution in [3.05, 3.63) is 29.7 Å². The largest absolute Gasteiger partial charge is 0.468 e. The van der Waals surface area contributed by atoms with Crippen molar-refractivity contribution in [2.45, 2.75) is 26.7 Å². The Kier molecular flexibility index (Phi) is 3.32.